The van der Waals surface area contributed by atoms with Crippen molar-refractivity contribution in [3.63, 3.8) is 0 Å². The maximum atomic E-state index is 5.77. The van der Waals surface area contributed by atoms with E-state index in [4.69, 9.17) is 5.73 Å². The van der Waals surface area contributed by atoms with E-state index < -0.39 is 0 Å². The molecule has 0 saturated carbocycles. The van der Waals surface area contributed by atoms with E-state index in [9.17, 15) is 0 Å². The molecule has 3 nitrogen and oxygen atoms in total. The summed E-state index contributed by atoms with van der Waals surface area (Å²) in [6.07, 6.45) is 7.46. The fourth-order valence-corrected chi connectivity index (χ4v) is 1.76. The van der Waals surface area contributed by atoms with Crippen LogP contribution >= 0.6 is 0 Å². The van der Waals surface area contributed by atoms with Gasteiger partial charge in [-0.3, -0.25) is 4.99 Å². The van der Waals surface area contributed by atoms with Crippen LogP contribution in [0, 0.1) is 5.92 Å². The van der Waals surface area contributed by atoms with Crippen LogP contribution in [0.25, 0.3) is 0 Å². The van der Waals surface area contributed by atoms with E-state index in [0.29, 0.717) is 11.9 Å². The van der Waals surface area contributed by atoms with Crippen molar-refractivity contribution in [1.29, 1.82) is 0 Å². The lowest BCUT2D eigenvalue weighted by Crippen LogP contribution is -2.32. The average molecular weight is 227 g/mol. The lowest BCUT2D eigenvalue weighted by atomic mass is 9.97. The van der Waals surface area contributed by atoms with Gasteiger partial charge in [0.15, 0.2) is 5.96 Å². The number of aliphatic imine (C=N–C) groups is 1. The molecule has 0 radical (unpaired) electrons. The van der Waals surface area contributed by atoms with Crippen molar-refractivity contribution < 1.29 is 0 Å². The summed E-state index contributed by atoms with van der Waals surface area (Å²) >= 11 is 0. The lowest BCUT2D eigenvalue weighted by Gasteiger charge is -2.13. The zero-order valence-corrected chi connectivity index (χ0v) is 11.3. The van der Waals surface area contributed by atoms with Crippen molar-refractivity contribution >= 4 is 5.96 Å². The molecule has 1 atom stereocenters. The van der Waals surface area contributed by atoms with Crippen LogP contribution in [0.1, 0.15) is 59.3 Å². The van der Waals surface area contributed by atoms with E-state index >= 15 is 0 Å². The van der Waals surface area contributed by atoms with Gasteiger partial charge in [-0.25, -0.2) is 0 Å². The van der Waals surface area contributed by atoms with Crippen molar-refractivity contribution in [3.05, 3.63) is 0 Å². The molecule has 0 rings (SSSR count). The van der Waals surface area contributed by atoms with Crippen molar-refractivity contribution in [2.75, 3.05) is 13.1 Å². The molecule has 0 bridgehead atoms. The molecule has 0 fully saturated rings. The molecule has 0 aromatic rings. The first kappa shape index (κ1) is 15.3. The predicted molar refractivity (Wildman–Crippen MR) is 72.7 cm³/mol. The molecule has 3 N–H and O–H groups in total. The second-order valence-corrected chi connectivity index (χ2v) is 4.45. The standard InChI is InChI=1S/C13H29N3/c1-4-7-9-12(8-5-2)11-16-13(14)15-10-6-3/h12H,4-11H2,1-3H3,(H3,14,15,16). The van der Waals surface area contributed by atoms with Gasteiger partial charge < -0.3 is 11.1 Å². The number of hydrogen-bond donors (Lipinski definition) is 2. The Hall–Kier alpha value is -0.730. The molecule has 1 unspecified atom stereocenters. The van der Waals surface area contributed by atoms with E-state index in [1.807, 2.05) is 0 Å². The highest BCUT2D eigenvalue weighted by Gasteiger charge is 2.06. The zero-order valence-electron chi connectivity index (χ0n) is 11.3. The third-order valence-electron chi connectivity index (χ3n) is 2.74. The molecule has 0 aromatic heterocycles. The first-order valence-electron chi connectivity index (χ1n) is 6.78. The van der Waals surface area contributed by atoms with Crippen LogP contribution < -0.4 is 11.1 Å². The van der Waals surface area contributed by atoms with Crippen LogP contribution in [0.15, 0.2) is 4.99 Å². The summed E-state index contributed by atoms with van der Waals surface area (Å²) in [5, 5.41) is 3.11. The number of nitrogens with one attached hydrogen (secondary N) is 1. The SMILES string of the molecule is CCCCC(CCC)CN=C(N)NCCC. The highest BCUT2D eigenvalue weighted by molar-refractivity contribution is 5.77. The third kappa shape index (κ3) is 8.57. The molecule has 0 heterocycles. The number of hydrogen-bond acceptors (Lipinski definition) is 1. The summed E-state index contributed by atoms with van der Waals surface area (Å²) in [6.45, 7) is 8.41. The van der Waals surface area contributed by atoms with Gasteiger partial charge in [0.1, 0.15) is 0 Å². The van der Waals surface area contributed by atoms with Gasteiger partial charge in [0.05, 0.1) is 0 Å². The number of nitrogens with two attached hydrogens (primary N) is 1. The van der Waals surface area contributed by atoms with E-state index in [1.54, 1.807) is 0 Å². The van der Waals surface area contributed by atoms with Gasteiger partial charge in [0.25, 0.3) is 0 Å². The number of nitrogens with zero attached hydrogens (tertiary/aromatic N) is 1. The Bertz CT molecular complexity index is 178. The summed E-state index contributed by atoms with van der Waals surface area (Å²) in [4.78, 5) is 4.42. The van der Waals surface area contributed by atoms with Gasteiger partial charge in [0.2, 0.25) is 0 Å². The second kappa shape index (κ2) is 10.8. The maximum absolute atomic E-state index is 5.77. The van der Waals surface area contributed by atoms with Gasteiger partial charge in [-0.2, -0.15) is 0 Å². The molecule has 16 heavy (non-hydrogen) atoms. The Morgan fingerprint density at radius 2 is 1.88 bits per heavy atom. The summed E-state index contributed by atoms with van der Waals surface area (Å²) in [6, 6.07) is 0. The zero-order chi connectivity index (χ0) is 12.2. The predicted octanol–water partition coefficient (Wildman–Crippen LogP) is 2.91. The Kier molecular flexibility index (Phi) is 10.3. The summed E-state index contributed by atoms with van der Waals surface area (Å²) in [7, 11) is 0. The Morgan fingerprint density at radius 1 is 1.12 bits per heavy atom. The van der Waals surface area contributed by atoms with Crippen LogP contribution in [-0.2, 0) is 0 Å². The molecule has 0 amide bonds. The van der Waals surface area contributed by atoms with E-state index in [2.05, 4.69) is 31.1 Å². The molecular weight excluding hydrogens is 198 g/mol. The molecule has 0 aliphatic heterocycles. The first-order valence-corrected chi connectivity index (χ1v) is 6.78. The molecule has 0 saturated heterocycles. The van der Waals surface area contributed by atoms with Crippen molar-refractivity contribution in [3.8, 4) is 0 Å². The van der Waals surface area contributed by atoms with Gasteiger partial charge in [-0.05, 0) is 25.2 Å². The second-order valence-electron chi connectivity index (χ2n) is 4.45. The highest BCUT2D eigenvalue weighted by atomic mass is 15.1. The van der Waals surface area contributed by atoms with E-state index in [0.717, 1.165) is 19.5 Å². The van der Waals surface area contributed by atoms with Gasteiger partial charge >= 0.3 is 0 Å². The molecular formula is C13H29N3. The van der Waals surface area contributed by atoms with E-state index in [-0.39, 0.29) is 0 Å². The van der Waals surface area contributed by atoms with Gasteiger partial charge in [0, 0.05) is 13.1 Å². The molecule has 0 aromatic carbocycles. The quantitative estimate of drug-likeness (QED) is 0.470. The molecule has 96 valence electrons. The van der Waals surface area contributed by atoms with Gasteiger partial charge in [-0.15, -0.1) is 0 Å². The highest BCUT2D eigenvalue weighted by Crippen LogP contribution is 2.14. The Morgan fingerprint density at radius 3 is 2.44 bits per heavy atom. The monoisotopic (exact) mass is 227 g/mol. The van der Waals surface area contributed by atoms with Crippen LogP contribution in [-0.4, -0.2) is 19.0 Å². The van der Waals surface area contributed by atoms with Crippen LogP contribution in [0.4, 0.5) is 0 Å². The fraction of sp³-hybridized carbons (Fsp3) is 0.923. The largest absolute Gasteiger partial charge is 0.370 e. The number of guanidine groups is 1. The fourth-order valence-electron chi connectivity index (χ4n) is 1.76. The van der Waals surface area contributed by atoms with E-state index in [1.165, 1.54) is 32.1 Å². The normalized spacial score (nSPS) is 13.8. The number of rotatable bonds is 9. The molecule has 3 heteroatoms. The van der Waals surface area contributed by atoms with Crippen LogP contribution in [0.5, 0.6) is 0 Å². The average Bonchev–Trinajstić information content (AvgIpc) is 2.30. The summed E-state index contributed by atoms with van der Waals surface area (Å²) in [5.41, 5.74) is 5.77. The van der Waals surface area contributed by atoms with Gasteiger partial charge in [-0.1, -0.05) is 40.0 Å². The third-order valence-corrected chi connectivity index (χ3v) is 2.74. The first-order chi connectivity index (χ1) is 7.74. The minimum atomic E-state index is 0.611. The minimum Gasteiger partial charge on any atom is -0.370 e. The van der Waals surface area contributed by atoms with Crippen LogP contribution in [0.3, 0.4) is 0 Å². The number of unbranched alkanes of at least 4 members (excludes halogenated alkanes) is 1. The topological polar surface area (TPSA) is 50.4 Å². The summed E-state index contributed by atoms with van der Waals surface area (Å²) in [5.74, 6) is 1.33. The Labute approximate surface area is 101 Å². The van der Waals surface area contributed by atoms with Crippen molar-refractivity contribution in [2.24, 2.45) is 16.6 Å². The Balaban J connectivity index is 3.87. The maximum Gasteiger partial charge on any atom is 0.188 e. The minimum absolute atomic E-state index is 0.611. The smallest absolute Gasteiger partial charge is 0.188 e. The lowest BCUT2D eigenvalue weighted by molar-refractivity contribution is 0.439. The van der Waals surface area contributed by atoms with Crippen LogP contribution in [0.2, 0.25) is 0 Å². The summed E-state index contributed by atoms with van der Waals surface area (Å²) < 4.78 is 0. The molecule has 0 aliphatic rings. The van der Waals surface area contributed by atoms with Crippen molar-refractivity contribution in [1.82, 2.24) is 5.32 Å². The molecule has 0 aliphatic carbocycles. The van der Waals surface area contributed by atoms with Crippen molar-refractivity contribution in [2.45, 2.75) is 59.3 Å². The molecule has 0 spiro atoms.